The highest BCUT2D eigenvalue weighted by Crippen LogP contribution is 2.45. The Morgan fingerprint density at radius 2 is 1.90 bits per heavy atom. The molecule has 3 heterocycles. The van der Waals surface area contributed by atoms with E-state index in [4.69, 9.17) is 4.74 Å². The minimum absolute atomic E-state index is 0.0509. The van der Waals surface area contributed by atoms with Gasteiger partial charge in [0.25, 0.3) is 11.9 Å². The molecule has 7 nitrogen and oxygen atoms in total. The molecule has 0 saturated carbocycles. The Kier molecular flexibility index (Phi) is 7.07. The monoisotopic (exact) mass is 542 g/mol. The normalized spacial score (nSPS) is 23.8. The van der Waals surface area contributed by atoms with Crippen LogP contribution in [0.4, 0.5) is 18.0 Å². The van der Waals surface area contributed by atoms with E-state index in [1.807, 2.05) is 41.0 Å². The molecule has 0 radical (unpaired) electrons. The van der Waals surface area contributed by atoms with Crippen molar-refractivity contribution in [3.05, 3.63) is 70.3 Å². The van der Waals surface area contributed by atoms with E-state index in [1.54, 1.807) is 27.0 Å². The van der Waals surface area contributed by atoms with E-state index >= 15 is 0 Å². The minimum Gasteiger partial charge on any atom is -0.455 e. The lowest BCUT2D eigenvalue weighted by molar-refractivity contribution is -0.137. The molecule has 10 heteroatoms. The van der Waals surface area contributed by atoms with Crippen LogP contribution in [0.2, 0.25) is 0 Å². The number of nitrogens with zero attached hydrogens (tertiary/aromatic N) is 4. The largest absolute Gasteiger partial charge is 0.455 e. The Morgan fingerprint density at radius 3 is 2.56 bits per heavy atom. The number of aliphatic imine (C=N–C) groups is 1. The number of amidine groups is 1. The molecule has 4 atom stereocenters. The van der Waals surface area contributed by atoms with Gasteiger partial charge < -0.3 is 19.4 Å². The van der Waals surface area contributed by atoms with Gasteiger partial charge in [0.05, 0.1) is 17.6 Å². The molecule has 39 heavy (non-hydrogen) atoms. The molecule has 0 aliphatic carbocycles. The van der Waals surface area contributed by atoms with Crippen LogP contribution < -0.4 is 0 Å². The average molecular weight is 543 g/mol. The lowest BCUT2D eigenvalue weighted by Gasteiger charge is -2.45. The van der Waals surface area contributed by atoms with E-state index in [9.17, 15) is 22.8 Å². The fraction of sp³-hybridized carbons (Fsp3) is 0.483. The number of urea groups is 1. The van der Waals surface area contributed by atoms with E-state index in [0.717, 1.165) is 29.7 Å². The molecule has 0 bridgehead atoms. The van der Waals surface area contributed by atoms with Crippen molar-refractivity contribution in [2.24, 2.45) is 16.8 Å². The van der Waals surface area contributed by atoms with Crippen molar-refractivity contribution in [1.29, 1.82) is 0 Å². The summed E-state index contributed by atoms with van der Waals surface area (Å²) in [5.41, 5.74) is 2.32. The minimum atomic E-state index is -4.47. The van der Waals surface area contributed by atoms with Gasteiger partial charge in [-0.1, -0.05) is 35.9 Å². The number of fused-ring (bicyclic) bond motifs is 1. The maximum absolute atomic E-state index is 14.1. The number of carbonyl (C=O) groups excluding carboxylic acids is 2. The fourth-order valence-corrected chi connectivity index (χ4v) is 6.19. The first-order chi connectivity index (χ1) is 18.4. The quantitative estimate of drug-likeness (QED) is 0.525. The molecule has 3 aliphatic rings. The lowest BCUT2D eigenvalue weighted by Crippen LogP contribution is -2.51. The molecule has 2 fully saturated rings. The Balaban J connectivity index is 1.45. The van der Waals surface area contributed by atoms with Crippen LogP contribution in [0.5, 0.6) is 0 Å². The number of ether oxygens (including phenoxy) is 1. The first-order valence-corrected chi connectivity index (χ1v) is 13.2. The number of hydrogen-bond acceptors (Lipinski definition) is 4. The summed E-state index contributed by atoms with van der Waals surface area (Å²) in [6.45, 7) is 7.15. The van der Waals surface area contributed by atoms with Crippen LogP contribution >= 0.6 is 0 Å². The number of carbonyl (C=O) groups is 2. The molecule has 0 spiro atoms. The lowest BCUT2D eigenvalue weighted by atomic mass is 9.78. The average Bonchev–Trinajstić information content (AvgIpc) is 3.52. The van der Waals surface area contributed by atoms with Gasteiger partial charge in [-0.25, -0.2) is 4.79 Å². The maximum Gasteiger partial charge on any atom is 0.416 e. The van der Waals surface area contributed by atoms with Crippen molar-refractivity contribution in [2.75, 3.05) is 33.3 Å². The zero-order valence-corrected chi connectivity index (χ0v) is 22.5. The molecule has 2 saturated heterocycles. The number of hydrogen-bond donors (Lipinski definition) is 0. The molecule has 208 valence electrons. The molecule has 0 N–H and O–H groups in total. The third-order valence-electron chi connectivity index (χ3n) is 8.33. The number of alkyl halides is 3. The SMILES string of the molecule is Cc1cc([C@@H](C)N(C)C(=O)N2CC[C@@H]3CN(C4=NC(=O)CO4)CC3[C@@H]2c2ccccc2C)cc(C(F)(F)F)c1. The second-order valence-corrected chi connectivity index (χ2v) is 10.9. The molecule has 1 unspecified atom stereocenters. The van der Waals surface area contributed by atoms with Crippen LogP contribution in [0, 0.1) is 25.7 Å². The van der Waals surface area contributed by atoms with E-state index in [2.05, 4.69) is 4.99 Å². The molecular weight excluding hydrogens is 509 g/mol. The number of aryl methyl sites for hydroxylation is 2. The number of rotatable bonds is 3. The van der Waals surface area contributed by atoms with Gasteiger partial charge in [-0.3, -0.25) is 4.79 Å². The molecule has 5 rings (SSSR count). The van der Waals surface area contributed by atoms with Crippen LogP contribution in [0.3, 0.4) is 0 Å². The third-order valence-corrected chi connectivity index (χ3v) is 8.33. The van der Waals surface area contributed by atoms with Crippen molar-refractivity contribution in [3.63, 3.8) is 0 Å². The Hall–Kier alpha value is -3.56. The van der Waals surface area contributed by atoms with Crippen molar-refractivity contribution in [1.82, 2.24) is 14.7 Å². The number of likely N-dealkylation sites (tertiary alicyclic amines) is 2. The predicted molar refractivity (Wildman–Crippen MR) is 140 cm³/mol. The van der Waals surface area contributed by atoms with E-state index in [-0.39, 0.29) is 36.4 Å². The second-order valence-electron chi connectivity index (χ2n) is 10.9. The third kappa shape index (κ3) is 5.21. The predicted octanol–water partition coefficient (Wildman–Crippen LogP) is 5.34. The zero-order chi connectivity index (χ0) is 28.1. The van der Waals surface area contributed by atoms with E-state index < -0.39 is 17.8 Å². The molecule has 0 aromatic heterocycles. The van der Waals surface area contributed by atoms with Crippen LogP contribution in [0.25, 0.3) is 0 Å². The zero-order valence-electron chi connectivity index (χ0n) is 22.5. The number of halogens is 3. The Labute approximate surface area is 226 Å². The van der Waals surface area contributed by atoms with Crippen LogP contribution in [0.15, 0.2) is 47.5 Å². The van der Waals surface area contributed by atoms with Crippen molar-refractivity contribution in [3.8, 4) is 0 Å². The van der Waals surface area contributed by atoms with Gasteiger partial charge in [0.15, 0.2) is 6.61 Å². The summed E-state index contributed by atoms with van der Waals surface area (Å²) in [6, 6.07) is 11.2. The highest BCUT2D eigenvalue weighted by molar-refractivity contribution is 5.96. The summed E-state index contributed by atoms with van der Waals surface area (Å²) in [5, 5.41) is 0. The van der Waals surface area contributed by atoms with Crippen LogP contribution in [0.1, 0.15) is 53.2 Å². The van der Waals surface area contributed by atoms with Crippen molar-refractivity contribution < 1.29 is 27.5 Å². The number of benzene rings is 2. The van der Waals surface area contributed by atoms with Crippen molar-refractivity contribution in [2.45, 2.75) is 45.5 Å². The van der Waals surface area contributed by atoms with Gasteiger partial charge >= 0.3 is 12.2 Å². The Bertz CT molecular complexity index is 1310. The van der Waals surface area contributed by atoms with Crippen molar-refractivity contribution >= 4 is 18.0 Å². The fourth-order valence-electron chi connectivity index (χ4n) is 6.19. The first-order valence-electron chi connectivity index (χ1n) is 13.2. The smallest absolute Gasteiger partial charge is 0.416 e. The summed E-state index contributed by atoms with van der Waals surface area (Å²) in [5.74, 6) is 0.0485. The number of amides is 3. The summed E-state index contributed by atoms with van der Waals surface area (Å²) in [6.07, 6.45) is -3.70. The Morgan fingerprint density at radius 1 is 1.15 bits per heavy atom. The van der Waals surface area contributed by atoms with Gasteiger partial charge in [0, 0.05) is 32.6 Å². The summed E-state index contributed by atoms with van der Waals surface area (Å²) >= 11 is 0. The molecule has 3 aliphatic heterocycles. The molecule has 2 aromatic carbocycles. The molecular formula is C29H33F3N4O3. The second kappa shape index (κ2) is 10.2. The van der Waals surface area contributed by atoms with Crippen LogP contribution in [-0.2, 0) is 15.7 Å². The van der Waals surface area contributed by atoms with Gasteiger partial charge in [0.2, 0.25) is 0 Å². The molecule has 3 amide bonds. The molecule has 2 aromatic rings. The van der Waals surface area contributed by atoms with E-state index in [1.165, 1.54) is 4.90 Å². The first kappa shape index (κ1) is 27.0. The highest BCUT2D eigenvalue weighted by atomic mass is 19.4. The van der Waals surface area contributed by atoms with Crippen LogP contribution in [-0.4, -0.2) is 65.9 Å². The standard InChI is InChI=1S/C29H33F3N4O3/c1-17-11-21(13-22(12-17)29(30,31)32)19(3)34(4)28(38)36-10-9-20-14-35(27-33-25(37)16-39-27)15-24(20)26(36)23-8-6-5-7-18(23)2/h5-8,11-13,19-20,24,26H,9-10,14-16H2,1-4H3/t19-,20-,24?,26+/m1/s1. The van der Waals surface area contributed by atoms with Gasteiger partial charge in [0.1, 0.15) is 0 Å². The van der Waals surface area contributed by atoms with Gasteiger partial charge in [-0.2, -0.15) is 18.2 Å². The van der Waals surface area contributed by atoms with Gasteiger partial charge in [-0.15, -0.1) is 0 Å². The number of piperidine rings is 1. The highest BCUT2D eigenvalue weighted by Gasteiger charge is 2.48. The summed E-state index contributed by atoms with van der Waals surface area (Å²) < 4.78 is 46.0. The van der Waals surface area contributed by atoms with Gasteiger partial charge in [-0.05, 0) is 61.9 Å². The topological polar surface area (TPSA) is 65.5 Å². The van der Waals surface area contributed by atoms with E-state index in [0.29, 0.717) is 36.8 Å². The maximum atomic E-state index is 14.1. The summed E-state index contributed by atoms with van der Waals surface area (Å²) in [4.78, 5) is 35.2. The summed E-state index contributed by atoms with van der Waals surface area (Å²) in [7, 11) is 1.65.